The third-order valence-corrected chi connectivity index (χ3v) is 6.40. The maximum Gasteiger partial charge on any atom is 0.233 e. The second kappa shape index (κ2) is 9.18. The van der Waals surface area contributed by atoms with Crippen molar-refractivity contribution in [2.75, 3.05) is 37.2 Å². The molecule has 1 aromatic heterocycles. The van der Waals surface area contributed by atoms with Crippen molar-refractivity contribution in [2.45, 2.75) is 24.6 Å². The van der Waals surface area contributed by atoms with E-state index in [1.807, 2.05) is 23.1 Å². The van der Waals surface area contributed by atoms with E-state index in [-0.39, 0.29) is 11.8 Å². The summed E-state index contributed by atoms with van der Waals surface area (Å²) in [4.78, 5) is 27.3. The number of carbonyl (C=O) groups is 2. The zero-order chi connectivity index (χ0) is 19.2. The summed E-state index contributed by atoms with van der Waals surface area (Å²) >= 11 is 2.85. The van der Waals surface area contributed by atoms with E-state index in [9.17, 15) is 9.59 Å². The molecule has 2 heterocycles. The number of hydrogen-bond acceptors (Lipinski definition) is 7. The van der Waals surface area contributed by atoms with Crippen LogP contribution in [0.5, 0.6) is 0 Å². The molecule has 0 radical (unpaired) electrons. The average molecular weight is 406 g/mol. The Hall–Kier alpha value is -2.13. The maximum absolute atomic E-state index is 12.4. The minimum Gasteiger partial charge on any atom is -0.339 e. The largest absolute Gasteiger partial charge is 0.339 e. The molecule has 0 aliphatic carbocycles. The molecule has 1 saturated heterocycles. The van der Waals surface area contributed by atoms with E-state index in [4.69, 9.17) is 0 Å². The van der Waals surface area contributed by atoms with E-state index < -0.39 is 0 Å². The van der Waals surface area contributed by atoms with E-state index >= 15 is 0 Å². The number of thioether (sulfide) groups is 1. The molecule has 0 saturated carbocycles. The molecule has 27 heavy (non-hydrogen) atoms. The number of anilines is 2. The van der Waals surface area contributed by atoms with Crippen LogP contribution in [0.4, 0.5) is 10.8 Å². The third-order valence-electron chi connectivity index (χ3n) is 4.44. The van der Waals surface area contributed by atoms with Crippen molar-refractivity contribution in [2.24, 2.45) is 0 Å². The molecule has 144 valence electrons. The van der Waals surface area contributed by atoms with Crippen molar-refractivity contribution in [3.8, 4) is 0 Å². The van der Waals surface area contributed by atoms with Gasteiger partial charge in [0, 0.05) is 38.8 Å². The van der Waals surface area contributed by atoms with E-state index in [2.05, 4.69) is 28.5 Å². The van der Waals surface area contributed by atoms with Crippen LogP contribution in [0.15, 0.2) is 28.6 Å². The summed E-state index contributed by atoms with van der Waals surface area (Å²) < 4.78 is 0.766. The summed E-state index contributed by atoms with van der Waals surface area (Å²) in [6, 6.07) is 8.12. The van der Waals surface area contributed by atoms with Crippen LogP contribution in [0.25, 0.3) is 0 Å². The molecule has 1 fully saturated rings. The van der Waals surface area contributed by atoms with Gasteiger partial charge < -0.3 is 15.1 Å². The summed E-state index contributed by atoms with van der Waals surface area (Å²) in [6.45, 7) is 6.08. The molecule has 0 atom stereocenters. The fourth-order valence-electron chi connectivity index (χ4n) is 2.87. The van der Waals surface area contributed by atoms with Crippen LogP contribution in [0.1, 0.15) is 19.4 Å². The number of nitrogens with zero attached hydrogens (tertiary/aromatic N) is 4. The minimum absolute atomic E-state index is 0.0648. The quantitative estimate of drug-likeness (QED) is 0.745. The number of nitrogens with one attached hydrogen (secondary N) is 1. The third kappa shape index (κ3) is 5.20. The first kappa shape index (κ1) is 19.6. The van der Waals surface area contributed by atoms with Crippen LogP contribution in [0.3, 0.4) is 0 Å². The van der Waals surface area contributed by atoms with Crippen LogP contribution in [-0.2, 0) is 16.0 Å². The fourth-order valence-corrected chi connectivity index (χ4v) is 4.54. The van der Waals surface area contributed by atoms with Crippen molar-refractivity contribution < 1.29 is 9.59 Å². The Balaban J connectivity index is 1.50. The minimum atomic E-state index is 0.0648. The molecule has 1 aromatic carbocycles. The molecule has 9 heteroatoms. The summed E-state index contributed by atoms with van der Waals surface area (Å²) in [6.07, 6.45) is 0.939. The van der Waals surface area contributed by atoms with E-state index in [0.717, 1.165) is 21.6 Å². The first-order valence-electron chi connectivity index (χ1n) is 8.91. The number of benzene rings is 1. The number of para-hydroxylation sites is 1. The Kier molecular flexibility index (Phi) is 6.68. The highest BCUT2D eigenvalue weighted by Crippen LogP contribution is 2.29. The van der Waals surface area contributed by atoms with Crippen molar-refractivity contribution >= 4 is 45.7 Å². The molecule has 3 rings (SSSR count). The van der Waals surface area contributed by atoms with Gasteiger partial charge in [0.2, 0.25) is 16.9 Å². The van der Waals surface area contributed by atoms with E-state index in [0.29, 0.717) is 31.9 Å². The topological polar surface area (TPSA) is 78.4 Å². The highest BCUT2D eigenvalue weighted by atomic mass is 32.2. The number of aromatic nitrogens is 2. The molecule has 0 spiro atoms. The summed E-state index contributed by atoms with van der Waals surface area (Å²) in [5, 5.41) is 12.4. The number of piperazine rings is 1. The lowest BCUT2D eigenvalue weighted by molar-refractivity contribution is -0.136. The molecule has 0 unspecified atom stereocenters. The zero-order valence-corrected chi connectivity index (χ0v) is 17.1. The number of aryl methyl sites for hydroxylation is 1. The Labute approximate surface area is 167 Å². The second-order valence-corrected chi connectivity index (χ2v) is 8.38. The van der Waals surface area contributed by atoms with Crippen molar-refractivity contribution in [3.05, 3.63) is 29.8 Å². The van der Waals surface area contributed by atoms with Gasteiger partial charge in [-0.25, -0.2) is 0 Å². The van der Waals surface area contributed by atoms with E-state index in [1.54, 1.807) is 11.8 Å². The number of amides is 2. The molecule has 7 nitrogen and oxygen atoms in total. The van der Waals surface area contributed by atoms with Gasteiger partial charge in [-0.15, -0.1) is 10.2 Å². The van der Waals surface area contributed by atoms with Gasteiger partial charge >= 0.3 is 0 Å². The Morgan fingerprint density at radius 1 is 1.15 bits per heavy atom. The van der Waals surface area contributed by atoms with Crippen LogP contribution >= 0.6 is 23.1 Å². The SMILES string of the molecule is CCc1ccccc1Nc1nnc(SCC(=O)N2CCN(C(C)=O)CC2)s1. The van der Waals surface area contributed by atoms with Crippen LogP contribution < -0.4 is 5.32 Å². The standard InChI is InChI=1S/C18H23N5O2S2/c1-3-14-6-4-5-7-15(14)19-17-20-21-18(27-17)26-12-16(25)23-10-8-22(9-11-23)13(2)24/h4-7H,3,8-12H2,1-2H3,(H,19,20). The number of rotatable bonds is 6. The van der Waals surface area contributed by atoms with Crippen molar-refractivity contribution in [1.29, 1.82) is 0 Å². The molecule has 1 aliphatic heterocycles. The van der Waals surface area contributed by atoms with Gasteiger partial charge in [0.15, 0.2) is 4.34 Å². The summed E-state index contributed by atoms with van der Waals surface area (Å²) in [7, 11) is 0. The summed E-state index contributed by atoms with van der Waals surface area (Å²) in [5.41, 5.74) is 2.26. The van der Waals surface area contributed by atoms with Gasteiger partial charge in [-0.2, -0.15) is 0 Å². The Morgan fingerprint density at radius 3 is 2.56 bits per heavy atom. The maximum atomic E-state index is 12.4. The zero-order valence-electron chi connectivity index (χ0n) is 15.5. The van der Waals surface area contributed by atoms with Gasteiger partial charge in [-0.05, 0) is 18.1 Å². The number of carbonyl (C=O) groups excluding carboxylic acids is 2. The molecular formula is C18H23N5O2S2. The monoisotopic (exact) mass is 405 g/mol. The Morgan fingerprint density at radius 2 is 1.85 bits per heavy atom. The van der Waals surface area contributed by atoms with Crippen molar-refractivity contribution in [1.82, 2.24) is 20.0 Å². The average Bonchev–Trinajstić information content (AvgIpc) is 3.14. The van der Waals surface area contributed by atoms with Crippen LogP contribution in [-0.4, -0.2) is 63.7 Å². The number of hydrogen-bond donors (Lipinski definition) is 1. The van der Waals surface area contributed by atoms with Crippen LogP contribution in [0, 0.1) is 0 Å². The predicted octanol–water partition coefficient (Wildman–Crippen LogP) is 2.63. The lowest BCUT2D eigenvalue weighted by Crippen LogP contribution is -2.50. The molecule has 1 N–H and O–H groups in total. The summed E-state index contributed by atoms with van der Waals surface area (Å²) in [5.74, 6) is 0.472. The van der Waals surface area contributed by atoms with Gasteiger partial charge in [0.1, 0.15) is 0 Å². The molecule has 2 amide bonds. The smallest absolute Gasteiger partial charge is 0.233 e. The lowest BCUT2D eigenvalue weighted by Gasteiger charge is -2.34. The molecule has 0 bridgehead atoms. The van der Waals surface area contributed by atoms with Gasteiger partial charge in [-0.1, -0.05) is 48.2 Å². The highest BCUT2D eigenvalue weighted by Gasteiger charge is 2.22. The normalized spacial score (nSPS) is 14.3. The lowest BCUT2D eigenvalue weighted by atomic mass is 10.1. The van der Waals surface area contributed by atoms with Gasteiger partial charge in [0.25, 0.3) is 0 Å². The second-order valence-electron chi connectivity index (χ2n) is 6.18. The highest BCUT2D eigenvalue weighted by molar-refractivity contribution is 8.01. The fraction of sp³-hybridized carbons (Fsp3) is 0.444. The van der Waals surface area contributed by atoms with E-state index in [1.165, 1.54) is 28.7 Å². The van der Waals surface area contributed by atoms with Gasteiger partial charge in [-0.3, -0.25) is 9.59 Å². The molecule has 1 aliphatic rings. The first-order chi connectivity index (χ1) is 13.1. The van der Waals surface area contributed by atoms with Crippen molar-refractivity contribution in [3.63, 3.8) is 0 Å². The predicted molar refractivity (Wildman–Crippen MR) is 109 cm³/mol. The first-order valence-corrected chi connectivity index (χ1v) is 10.7. The molecular weight excluding hydrogens is 382 g/mol. The van der Waals surface area contributed by atoms with Crippen LogP contribution in [0.2, 0.25) is 0 Å². The molecule has 2 aromatic rings. The van der Waals surface area contributed by atoms with Gasteiger partial charge in [0.05, 0.1) is 5.75 Å². The Bertz CT molecular complexity index is 803.